The standard InChI is InChI=1S/C14H22N2O3/c1-9-6-10-11(7-14(2,3)8-12(10)17)16(9)4-5-19-13(15)18/h6,12,17H,4-5,7-8H2,1-3H3,(H2,15,18). The summed E-state index contributed by atoms with van der Waals surface area (Å²) in [7, 11) is 0. The zero-order chi connectivity index (χ0) is 14.2. The predicted octanol–water partition coefficient (Wildman–Crippen LogP) is 1.90. The van der Waals surface area contributed by atoms with Crippen molar-refractivity contribution in [2.24, 2.45) is 11.1 Å². The molecule has 0 spiro atoms. The van der Waals surface area contributed by atoms with Crippen LogP contribution in [0.1, 0.15) is 43.3 Å². The Morgan fingerprint density at radius 2 is 2.32 bits per heavy atom. The lowest BCUT2D eigenvalue weighted by molar-refractivity contribution is 0.0970. The molecule has 2 rings (SSSR count). The number of aryl methyl sites for hydroxylation is 1. The van der Waals surface area contributed by atoms with Crippen molar-refractivity contribution < 1.29 is 14.6 Å². The smallest absolute Gasteiger partial charge is 0.404 e. The number of aliphatic hydroxyl groups excluding tert-OH is 1. The highest BCUT2D eigenvalue weighted by Gasteiger charge is 2.33. The second-order valence-corrected chi connectivity index (χ2v) is 6.07. The summed E-state index contributed by atoms with van der Waals surface area (Å²) in [5.74, 6) is 0. The van der Waals surface area contributed by atoms with Crippen molar-refractivity contribution in [3.05, 3.63) is 23.0 Å². The molecule has 1 atom stereocenters. The molecule has 19 heavy (non-hydrogen) atoms. The van der Waals surface area contributed by atoms with Gasteiger partial charge in [0, 0.05) is 17.0 Å². The molecule has 0 aromatic carbocycles. The minimum absolute atomic E-state index is 0.0828. The molecule has 3 N–H and O–H groups in total. The van der Waals surface area contributed by atoms with E-state index in [9.17, 15) is 9.90 Å². The lowest BCUT2D eigenvalue weighted by Gasteiger charge is -2.34. The number of nitrogens with two attached hydrogens (primary N) is 1. The third kappa shape index (κ3) is 2.92. The van der Waals surface area contributed by atoms with Crippen LogP contribution in [0.3, 0.4) is 0 Å². The highest BCUT2D eigenvalue weighted by Crippen LogP contribution is 2.41. The van der Waals surface area contributed by atoms with Gasteiger partial charge in [-0.15, -0.1) is 0 Å². The van der Waals surface area contributed by atoms with Gasteiger partial charge in [-0.1, -0.05) is 13.8 Å². The van der Waals surface area contributed by atoms with Gasteiger partial charge in [-0.05, 0) is 31.2 Å². The summed E-state index contributed by atoms with van der Waals surface area (Å²) < 4.78 is 6.91. The largest absolute Gasteiger partial charge is 0.448 e. The number of fused-ring (bicyclic) bond motifs is 1. The second kappa shape index (κ2) is 4.89. The van der Waals surface area contributed by atoms with Crippen LogP contribution in [0.4, 0.5) is 4.79 Å². The fourth-order valence-electron chi connectivity index (χ4n) is 2.95. The Kier molecular flexibility index (Phi) is 3.58. The van der Waals surface area contributed by atoms with E-state index in [4.69, 9.17) is 10.5 Å². The van der Waals surface area contributed by atoms with Crippen molar-refractivity contribution in [2.75, 3.05) is 6.61 Å². The molecule has 0 saturated heterocycles. The molecule has 5 heteroatoms. The number of rotatable bonds is 3. The quantitative estimate of drug-likeness (QED) is 0.877. The summed E-state index contributed by atoms with van der Waals surface area (Å²) in [6, 6.07) is 2.03. The third-order valence-corrected chi connectivity index (χ3v) is 3.76. The molecule has 1 unspecified atom stereocenters. The maximum atomic E-state index is 10.6. The number of hydrogen-bond donors (Lipinski definition) is 2. The Bertz CT molecular complexity index is 491. The molecule has 1 aliphatic carbocycles. The first-order valence-electron chi connectivity index (χ1n) is 6.59. The Morgan fingerprint density at radius 1 is 1.63 bits per heavy atom. The van der Waals surface area contributed by atoms with Crippen molar-refractivity contribution in [1.82, 2.24) is 4.57 Å². The molecule has 1 aliphatic rings. The second-order valence-electron chi connectivity index (χ2n) is 6.07. The molecule has 0 radical (unpaired) electrons. The molecule has 1 aromatic heterocycles. The van der Waals surface area contributed by atoms with E-state index in [1.165, 1.54) is 0 Å². The van der Waals surface area contributed by atoms with Crippen LogP contribution >= 0.6 is 0 Å². The zero-order valence-electron chi connectivity index (χ0n) is 11.8. The first kappa shape index (κ1) is 13.9. The van der Waals surface area contributed by atoms with Gasteiger partial charge in [0.2, 0.25) is 0 Å². The minimum atomic E-state index is -0.751. The lowest BCUT2D eigenvalue weighted by atomic mass is 9.75. The molecule has 106 valence electrons. The summed E-state index contributed by atoms with van der Waals surface area (Å²) in [4.78, 5) is 10.6. The first-order valence-corrected chi connectivity index (χ1v) is 6.59. The zero-order valence-corrected chi connectivity index (χ0v) is 11.8. The van der Waals surface area contributed by atoms with Crippen LogP contribution in [-0.2, 0) is 17.7 Å². The Morgan fingerprint density at radius 3 is 2.95 bits per heavy atom. The van der Waals surface area contributed by atoms with Gasteiger partial charge in [0.25, 0.3) is 0 Å². The summed E-state index contributed by atoms with van der Waals surface area (Å²) >= 11 is 0. The molecule has 1 aromatic rings. The number of carbonyl (C=O) groups is 1. The van der Waals surface area contributed by atoms with E-state index < -0.39 is 12.2 Å². The first-order chi connectivity index (χ1) is 8.80. The van der Waals surface area contributed by atoms with E-state index in [0.29, 0.717) is 6.54 Å². The molecule has 1 amide bonds. The van der Waals surface area contributed by atoms with E-state index in [1.807, 2.05) is 13.0 Å². The third-order valence-electron chi connectivity index (χ3n) is 3.76. The van der Waals surface area contributed by atoms with Crippen LogP contribution in [0.25, 0.3) is 0 Å². The van der Waals surface area contributed by atoms with Gasteiger partial charge < -0.3 is 20.1 Å². The van der Waals surface area contributed by atoms with Gasteiger partial charge in [-0.2, -0.15) is 0 Å². The van der Waals surface area contributed by atoms with Crippen molar-refractivity contribution >= 4 is 6.09 Å². The molecule has 0 aliphatic heterocycles. The Hall–Kier alpha value is -1.49. The average molecular weight is 266 g/mol. The van der Waals surface area contributed by atoms with Crippen molar-refractivity contribution in [3.8, 4) is 0 Å². The van der Waals surface area contributed by atoms with E-state index in [2.05, 4.69) is 18.4 Å². The van der Waals surface area contributed by atoms with Crippen molar-refractivity contribution in [1.29, 1.82) is 0 Å². The van der Waals surface area contributed by atoms with Gasteiger partial charge in [-0.25, -0.2) is 4.79 Å². The molecule has 1 heterocycles. The van der Waals surface area contributed by atoms with Crippen LogP contribution in [-0.4, -0.2) is 22.4 Å². The number of aromatic nitrogens is 1. The molecule has 5 nitrogen and oxygen atoms in total. The van der Waals surface area contributed by atoms with Crippen LogP contribution in [0, 0.1) is 12.3 Å². The van der Waals surface area contributed by atoms with E-state index >= 15 is 0 Å². The average Bonchev–Trinajstić information content (AvgIpc) is 2.55. The summed E-state index contributed by atoms with van der Waals surface area (Å²) in [6.45, 7) is 7.15. The summed E-state index contributed by atoms with van der Waals surface area (Å²) in [5.41, 5.74) is 8.28. The van der Waals surface area contributed by atoms with Gasteiger partial charge >= 0.3 is 6.09 Å². The van der Waals surface area contributed by atoms with Gasteiger partial charge in [-0.3, -0.25) is 0 Å². The van der Waals surface area contributed by atoms with Crippen LogP contribution in [0.2, 0.25) is 0 Å². The van der Waals surface area contributed by atoms with E-state index in [1.54, 1.807) is 0 Å². The number of amides is 1. The van der Waals surface area contributed by atoms with Gasteiger partial charge in [0.1, 0.15) is 6.61 Å². The Balaban J connectivity index is 2.23. The number of nitrogens with zero attached hydrogens (tertiary/aromatic N) is 1. The molecule has 0 fully saturated rings. The van der Waals surface area contributed by atoms with Gasteiger partial charge in [0.05, 0.1) is 12.6 Å². The van der Waals surface area contributed by atoms with E-state index in [0.717, 1.165) is 29.8 Å². The number of aliphatic hydroxyl groups is 1. The Labute approximate surface area is 113 Å². The van der Waals surface area contributed by atoms with E-state index in [-0.39, 0.29) is 12.0 Å². The maximum Gasteiger partial charge on any atom is 0.404 e. The number of primary amides is 1. The normalized spacial score (nSPS) is 20.9. The maximum absolute atomic E-state index is 10.6. The minimum Gasteiger partial charge on any atom is -0.448 e. The molecular formula is C14H22N2O3. The van der Waals surface area contributed by atoms with Crippen LogP contribution in [0.15, 0.2) is 6.07 Å². The topological polar surface area (TPSA) is 77.5 Å². The molecule has 0 saturated carbocycles. The van der Waals surface area contributed by atoms with Crippen molar-refractivity contribution in [2.45, 2.75) is 46.3 Å². The summed E-state index contributed by atoms with van der Waals surface area (Å²) in [6.07, 6.45) is 0.542. The van der Waals surface area contributed by atoms with Crippen LogP contribution in [0.5, 0.6) is 0 Å². The number of ether oxygens (including phenoxy) is 1. The monoisotopic (exact) mass is 266 g/mol. The van der Waals surface area contributed by atoms with Crippen LogP contribution < -0.4 is 5.73 Å². The number of hydrogen-bond acceptors (Lipinski definition) is 3. The van der Waals surface area contributed by atoms with Gasteiger partial charge in [0.15, 0.2) is 0 Å². The highest BCUT2D eigenvalue weighted by atomic mass is 16.5. The fraction of sp³-hybridized carbons (Fsp3) is 0.643. The lowest BCUT2D eigenvalue weighted by Crippen LogP contribution is -2.27. The molecule has 0 bridgehead atoms. The molecular weight excluding hydrogens is 244 g/mol. The summed E-state index contributed by atoms with van der Waals surface area (Å²) in [5, 5.41) is 10.2. The highest BCUT2D eigenvalue weighted by molar-refractivity contribution is 5.64. The predicted molar refractivity (Wildman–Crippen MR) is 71.8 cm³/mol. The SMILES string of the molecule is Cc1cc2c(n1CCOC(N)=O)CC(C)(C)CC2O. The number of carbonyl (C=O) groups excluding carboxylic acids is 1. The van der Waals surface area contributed by atoms with Crippen molar-refractivity contribution in [3.63, 3.8) is 0 Å². The fourth-order valence-corrected chi connectivity index (χ4v) is 2.95.